The summed E-state index contributed by atoms with van der Waals surface area (Å²) in [5.41, 5.74) is 9.36. The first kappa shape index (κ1) is 11.0. The van der Waals surface area contributed by atoms with Gasteiger partial charge in [0, 0.05) is 11.9 Å². The maximum Gasteiger partial charge on any atom is 0.149 e. The molecule has 1 atom stereocenters. The molecule has 3 N–H and O–H groups in total. The molecule has 0 saturated carbocycles. The van der Waals surface area contributed by atoms with Crippen LogP contribution in [0.5, 0.6) is 0 Å². The van der Waals surface area contributed by atoms with Crippen LogP contribution in [-0.4, -0.2) is 10.2 Å². The number of nitrogens with zero attached hydrogens (tertiary/aromatic N) is 2. The minimum atomic E-state index is 0.311. The molecule has 1 heterocycles. The number of nitrogens with two attached hydrogens (primary N) is 1. The molecular formula is C14H16N4. The lowest BCUT2D eigenvalue weighted by molar-refractivity contribution is 0.598. The first-order chi connectivity index (χ1) is 8.83. The molecule has 0 bridgehead atoms. The quantitative estimate of drug-likeness (QED) is 0.792. The van der Waals surface area contributed by atoms with Crippen LogP contribution in [0.4, 0.5) is 11.5 Å². The van der Waals surface area contributed by atoms with Crippen LogP contribution < -0.4 is 11.1 Å². The Morgan fingerprint density at radius 3 is 3.06 bits per heavy atom. The first-order valence-electron chi connectivity index (χ1n) is 6.25. The van der Waals surface area contributed by atoms with E-state index in [1.165, 1.54) is 17.5 Å². The van der Waals surface area contributed by atoms with E-state index in [-0.39, 0.29) is 0 Å². The highest BCUT2D eigenvalue weighted by Gasteiger charge is 2.20. The zero-order valence-electron chi connectivity index (χ0n) is 10.1. The van der Waals surface area contributed by atoms with E-state index in [1.54, 1.807) is 6.20 Å². The van der Waals surface area contributed by atoms with Crippen molar-refractivity contribution in [1.29, 1.82) is 0 Å². The fourth-order valence-corrected chi connectivity index (χ4v) is 2.54. The molecule has 1 aromatic carbocycles. The van der Waals surface area contributed by atoms with Crippen molar-refractivity contribution in [3.63, 3.8) is 0 Å². The van der Waals surface area contributed by atoms with Gasteiger partial charge in [-0.05, 0) is 54.7 Å². The van der Waals surface area contributed by atoms with E-state index in [0.29, 0.717) is 6.04 Å². The molecule has 0 saturated heterocycles. The molecule has 1 unspecified atom stereocenters. The number of hydrogen-bond acceptors (Lipinski definition) is 4. The molecule has 2 aromatic rings. The lowest BCUT2D eigenvalue weighted by Gasteiger charge is -2.26. The van der Waals surface area contributed by atoms with Crippen molar-refractivity contribution in [3.05, 3.63) is 47.7 Å². The van der Waals surface area contributed by atoms with Crippen LogP contribution in [0.1, 0.15) is 30.0 Å². The zero-order chi connectivity index (χ0) is 12.4. The third-order valence-corrected chi connectivity index (χ3v) is 3.38. The number of fused-ring (bicyclic) bond motifs is 1. The van der Waals surface area contributed by atoms with Crippen molar-refractivity contribution >= 4 is 11.5 Å². The van der Waals surface area contributed by atoms with Crippen LogP contribution in [0.15, 0.2) is 36.5 Å². The van der Waals surface area contributed by atoms with Gasteiger partial charge in [-0.15, -0.1) is 5.10 Å². The molecule has 0 radical (unpaired) electrons. The van der Waals surface area contributed by atoms with E-state index in [4.69, 9.17) is 5.73 Å². The van der Waals surface area contributed by atoms with Crippen molar-refractivity contribution in [3.8, 4) is 0 Å². The molecule has 4 heteroatoms. The second kappa shape index (κ2) is 4.64. The average molecular weight is 240 g/mol. The fourth-order valence-electron chi connectivity index (χ4n) is 2.54. The van der Waals surface area contributed by atoms with Crippen LogP contribution in [0.2, 0.25) is 0 Å². The van der Waals surface area contributed by atoms with E-state index in [1.807, 2.05) is 18.2 Å². The van der Waals surface area contributed by atoms with Gasteiger partial charge < -0.3 is 11.1 Å². The van der Waals surface area contributed by atoms with Gasteiger partial charge in [0.15, 0.2) is 0 Å². The summed E-state index contributed by atoms with van der Waals surface area (Å²) < 4.78 is 0. The lowest BCUT2D eigenvalue weighted by Crippen LogP contribution is -2.18. The summed E-state index contributed by atoms with van der Waals surface area (Å²) in [6, 6.07) is 10.3. The Kier molecular flexibility index (Phi) is 2.84. The summed E-state index contributed by atoms with van der Waals surface area (Å²) in [6.45, 7) is 0. The van der Waals surface area contributed by atoms with Crippen molar-refractivity contribution in [2.45, 2.75) is 25.3 Å². The number of aryl methyl sites for hydroxylation is 1. The number of aromatic nitrogens is 2. The topological polar surface area (TPSA) is 63.8 Å². The smallest absolute Gasteiger partial charge is 0.149 e. The maximum absolute atomic E-state index is 5.84. The van der Waals surface area contributed by atoms with Crippen molar-refractivity contribution in [2.75, 3.05) is 11.1 Å². The summed E-state index contributed by atoms with van der Waals surface area (Å²) in [7, 11) is 0. The predicted molar refractivity (Wildman–Crippen MR) is 72.2 cm³/mol. The highest BCUT2D eigenvalue weighted by atomic mass is 15.2. The summed E-state index contributed by atoms with van der Waals surface area (Å²) in [5, 5.41) is 11.4. The molecule has 0 amide bonds. The standard InChI is InChI=1S/C14H16N4/c15-11-6-7-12-10(9-11)3-1-4-13(12)17-14-5-2-8-16-18-14/h2,5-9,13H,1,3-4,15H2,(H,17,18). The summed E-state index contributed by atoms with van der Waals surface area (Å²) in [5.74, 6) is 0.826. The van der Waals surface area contributed by atoms with Crippen LogP contribution in [0, 0.1) is 0 Å². The van der Waals surface area contributed by atoms with Crippen molar-refractivity contribution in [2.24, 2.45) is 0 Å². The second-order valence-corrected chi connectivity index (χ2v) is 4.66. The molecule has 0 aliphatic heterocycles. The number of rotatable bonds is 2. The van der Waals surface area contributed by atoms with Gasteiger partial charge in [0.25, 0.3) is 0 Å². The highest BCUT2D eigenvalue weighted by Crippen LogP contribution is 2.32. The molecule has 4 nitrogen and oxygen atoms in total. The number of nitrogens with one attached hydrogen (secondary N) is 1. The van der Waals surface area contributed by atoms with E-state index in [9.17, 15) is 0 Å². The maximum atomic E-state index is 5.84. The van der Waals surface area contributed by atoms with Crippen molar-refractivity contribution < 1.29 is 0 Å². The van der Waals surface area contributed by atoms with Crippen LogP contribution in [0.25, 0.3) is 0 Å². The largest absolute Gasteiger partial charge is 0.399 e. The van der Waals surface area contributed by atoms with Gasteiger partial charge in [-0.2, -0.15) is 5.10 Å². The monoisotopic (exact) mass is 240 g/mol. The van der Waals surface area contributed by atoms with Gasteiger partial charge in [0.2, 0.25) is 0 Å². The van der Waals surface area contributed by atoms with Crippen LogP contribution in [-0.2, 0) is 6.42 Å². The van der Waals surface area contributed by atoms with Gasteiger partial charge in [-0.3, -0.25) is 0 Å². The minimum Gasteiger partial charge on any atom is -0.399 e. The third kappa shape index (κ3) is 2.14. The molecule has 1 aliphatic carbocycles. The van der Waals surface area contributed by atoms with Gasteiger partial charge in [-0.1, -0.05) is 6.07 Å². The SMILES string of the molecule is Nc1ccc2c(c1)CCCC2Nc1cccnn1. The normalized spacial score (nSPS) is 18.1. The summed E-state index contributed by atoms with van der Waals surface area (Å²) >= 11 is 0. The molecule has 0 spiro atoms. The average Bonchev–Trinajstić information content (AvgIpc) is 2.40. The molecular weight excluding hydrogens is 224 g/mol. The summed E-state index contributed by atoms with van der Waals surface area (Å²) in [4.78, 5) is 0. The third-order valence-electron chi connectivity index (χ3n) is 3.38. The Hall–Kier alpha value is -2.10. The Bertz CT molecular complexity index is 539. The minimum absolute atomic E-state index is 0.311. The van der Waals surface area contributed by atoms with E-state index in [2.05, 4.69) is 27.6 Å². The Labute approximate surface area is 106 Å². The summed E-state index contributed by atoms with van der Waals surface area (Å²) in [6.07, 6.45) is 5.08. The van der Waals surface area contributed by atoms with Gasteiger partial charge >= 0.3 is 0 Å². The Morgan fingerprint density at radius 1 is 1.28 bits per heavy atom. The highest BCUT2D eigenvalue weighted by molar-refractivity contribution is 5.49. The molecule has 1 aliphatic rings. The zero-order valence-corrected chi connectivity index (χ0v) is 10.1. The number of hydrogen-bond donors (Lipinski definition) is 2. The Morgan fingerprint density at radius 2 is 2.22 bits per heavy atom. The van der Waals surface area contributed by atoms with E-state index >= 15 is 0 Å². The predicted octanol–water partition coefficient (Wildman–Crippen LogP) is 2.55. The Balaban J connectivity index is 1.87. The van der Waals surface area contributed by atoms with Gasteiger partial charge in [-0.25, -0.2) is 0 Å². The fraction of sp³-hybridized carbons (Fsp3) is 0.286. The number of benzene rings is 1. The van der Waals surface area contributed by atoms with Crippen LogP contribution in [0.3, 0.4) is 0 Å². The molecule has 3 rings (SSSR count). The number of nitrogen functional groups attached to an aromatic ring is 1. The second-order valence-electron chi connectivity index (χ2n) is 4.66. The molecule has 18 heavy (non-hydrogen) atoms. The van der Waals surface area contributed by atoms with Gasteiger partial charge in [0.1, 0.15) is 5.82 Å². The number of anilines is 2. The first-order valence-corrected chi connectivity index (χ1v) is 6.25. The van der Waals surface area contributed by atoms with E-state index < -0.39 is 0 Å². The molecule has 1 aromatic heterocycles. The van der Waals surface area contributed by atoms with E-state index in [0.717, 1.165) is 24.3 Å². The molecule has 0 fully saturated rings. The van der Waals surface area contributed by atoms with Gasteiger partial charge in [0.05, 0.1) is 6.04 Å². The van der Waals surface area contributed by atoms with Crippen LogP contribution >= 0.6 is 0 Å². The van der Waals surface area contributed by atoms with Crippen molar-refractivity contribution in [1.82, 2.24) is 10.2 Å². The molecule has 92 valence electrons. The lowest BCUT2D eigenvalue weighted by atomic mass is 9.87.